The van der Waals surface area contributed by atoms with Crippen molar-refractivity contribution in [2.75, 3.05) is 13.2 Å². The van der Waals surface area contributed by atoms with Crippen molar-refractivity contribution in [3.05, 3.63) is 53.1 Å². The van der Waals surface area contributed by atoms with E-state index in [-0.39, 0.29) is 18.1 Å². The molecule has 112 valence electrons. The average molecular weight is 308 g/mol. The number of amides is 1. The van der Waals surface area contributed by atoms with Gasteiger partial charge < -0.3 is 10.4 Å². The maximum Gasteiger partial charge on any atom is 0.243 e. The Bertz CT molecular complexity index is 521. The predicted molar refractivity (Wildman–Crippen MR) is 84.0 cm³/mol. The third kappa shape index (κ3) is 8.07. The Hall–Kier alpha value is -1.91. The van der Waals surface area contributed by atoms with E-state index < -0.39 is 6.61 Å². The van der Waals surface area contributed by atoms with Crippen LogP contribution < -0.4 is 5.32 Å². The van der Waals surface area contributed by atoms with Gasteiger partial charge >= 0.3 is 0 Å². The van der Waals surface area contributed by atoms with E-state index in [2.05, 4.69) is 5.32 Å². The highest BCUT2D eigenvalue weighted by atomic mass is 35.5. The fourth-order valence-electron chi connectivity index (χ4n) is 1.52. The van der Waals surface area contributed by atoms with Crippen molar-refractivity contribution in [1.82, 2.24) is 5.32 Å². The highest BCUT2D eigenvalue weighted by Crippen LogP contribution is 2.10. The molecule has 0 saturated carbocycles. The third-order valence-electron chi connectivity index (χ3n) is 2.63. The molecule has 0 heterocycles. The molecule has 0 spiro atoms. The summed E-state index contributed by atoms with van der Waals surface area (Å²) in [7, 11) is 0. The minimum Gasteiger partial charge on any atom is -0.389 e. The Morgan fingerprint density at radius 2 is 1.90 bits per heavy atom. The van der Waals surface area contributed by atoms with Crippen LogP contribution in [0, 0.1) is 0 Å². The first-order chi connectivity index (χ1) is 10.1. The lowest BCUT2D eigenvalue weighted by atomic mass is 10.2. The SMILES string of the molecule is O=C(CO)CCCNC(=O)/C=C/C=C/c1ccc(Cl)cc1. The Kier molecular flexibility index (Phi) is 8.09. The summed E-state index contributed by atoms with van der Waals surface area (Å²) in [6, 6.07) is 7.35. The van der Waals surface area contributed by atoms with E-state index in [9.17, 15) is 9.59 Å². The molecule has 0 aliphatic carbocycles. The van der Waals surface area contributed by atoms with E-state index in [0.29, 0.717) is 18.0 Å². The van der Waals surface area contributed by atoms with Crippen molar-refractivity contribution in [3.63, 3.8) is 0 Å². The molecule has 0 atom stereocenters. The maximum absolute atomic E-state index is 11.4. The van der Waals surface area contributed by atoms with Crippen molar-refractivity contribution in [3.8, 4) is 0 Å². The number of nitrogens with one attached hydrogen (secondary N) is 1. The normalized spacial score (nSPS) is 11.1. The maximum atomic E-state index is 11.4. The van der Waals surface area contributed by atoms with Gasteiger partial charge in [-0.3, -0.25) is 9.59 Å². The number of halogens is 1. The number of carbonyl (C=O) groups excluding carboxylic acids is 2. The van der Waals surface area contributed by atoms with Crippen molar-refractivity contribution in [2.45, 2.75) is 12.8 Å². The number of carbonyl (C=O) groups is 2. The van der Waals surface area contributed by atoms with Gasteiger partial charge in [0.05, 0.1) is 0 Å². The predicted octanol–water partition coefficient (Wildman–Crippen LogP) is 2.37. The standard InChI is InChI=1S/C16H18ClNO3/c17-14-9-7-13(8-10-14)4-1-2-6-16(21)18-11-3-5-15(20)12-19/h1-2,4,6-10,19H,3,5,11-12H2,(H,18,21)/b4-1+,6-2+. The summed E-state index contributed by atoms with van der Waals surface area (Å²) in [5, 5.41) is 11.9. The van der Waals surface area contributed by atoms with Crippen molar-refractivity contribution in [1.29, 1.82) is 0 Å². The molecule has 0 aromatic heterocycles. The fraction of sp³-hybridized carbons (Fsp3) is 0.250. The summed E-state index contributed by atoms with van der Waals surface area (Å²) in [5.41, 5.74) is 0.993. The molecule has 2 N–H and O–H groups in total. The number of hydrogen-bond acceptors (Lipinski definition) is 3. The van der Waals surface area contributed by atoms with Crippen molar-refractivity contribution < 1.29 is 14.7 Å². The zero-order valence-corrected chi connectivity index (χ0v) is 12.3. The van der Waals surface area contributed by atoms with E-state index in [1.807, 2.05) is 18.2 Å². The average Bonchev–Trinajstić information content (AvgIpc) is 2.49. The molecule has 0 aliphatic rings. The summed E-state index contributed by atoms with van der Waals surface area (Å²) < 4.78 is 0. The Morgan fingerprint density at radius 3 is 2.57 bits per heavy atom. The van der Waals surface area contributed by atoms with E-state index in [4.69, 9.17) is 16.7 Å². The van der Waals surface area contributed by atoms with Gasteiger partial charge in [-0.25, -0.2) is 0 Å². The van der Waals surface area contributed by atoms with Crippen LogP contribution in [0.25, 0.3) is 6.08 Å². The van der Waals surface area contributed by atoms with Gasteiger partial charge in [0, 0.05) is 24.1 Å². The molecule has 0 radical (unpaired) electrons. The molecule has 0 aliphatic heterocycles. The first-order valence-corrected chi connectivity index (χ1v) is 7.00. The van der Waals surface area contributed by atoms with Crippen LogP contribution >= 0.6 is 11.6 Å². The monoisotopic (exact) mass is 307 g/mol. The molecule has 1 aromatic rings. The largest absolute Gasteiger partial charge is 0.389 e. The lowest BCUT2D eigenvalue weighted by molar-refractivity contribution is -0.122. The summed E-state index contributed by atoms with van der Waals surface area (Å²) >= 11 is 5.78. The molecule has 21 heavy (non-hydrogen) atoms. The molecule has 0 bridgehead atoms. The number of aliphatic hydroxyl groups is 1. The zero-order chi connectivity index (χ0) is 15.5. The van der Waals surface area contributed by atoms with Crippen LogP contribution in [0.5, 0.6) is 0 Å². The smallest absolute Gasteiger partial charge is 0.243 e. The molecule has 1 amide bonds. The lowest BCUT2D eigenvalue weighted by Crippen LogP contribution is -2.22. The van der Waals surface area contributed by atoms with Gasteiger partial charge in [-0.2, -0.15) is 0 Å². The van der Waals surface area contributed by atoms with Gasteiger partial charge in [0.15, 0.2) is 5.78 Å². The van der Waals surface area contributed by atoms with Gasteiger partial charge in [0.25, 0.3) is 0 Å². The number of hydrogen-bond donors (Lipinski definition) is 2. The minimum atomic E-state index is -0.441. The number of aliphatic hydroxyl groups excluding tert-OH is 1. The Balaban J connectivity index is 2.24. The molecule has 1 aromatic carbocycles. The summed E-state index contributed by atoms with van der Waals surface area (Å²) in [6.07, 6.45) is 7.48. The number of ketones is 1. The summed E-state index contributed by atoms with van der Waals surface area (Å²) in [5.74, 6) is -0.433. The van der Waals surface area contributed by atoms with Crippen LogP contribution in [0.1, 0.15) is 18.4 Å². The third-order valence-corrected chi connectivity index (χ3v) is 2.88. The molecular formula is C16H18ClNO3. The second-order valence-electron chi connectivity index (χ2n) is 4.36. The van der Waals surface area contributed by atoms with Crippen LogP contribution in [0.4, 0.5) is 0 Å². The van der Waals surface area contributed by atoms with Crippen molar-refractivity contribution in [2.24, 2.45) is 0 Å². The molecule has 1 rings (SSSR count). The zero-order valence-electron chi connectivity index (χ0n) is 11.6. The quantitative estimate of drug-likeness (QED) is 0.440. The van der Waals surface area contributed by atoms with Gasteiger partial charge in [-0.05, 0) is 24.1 Å². The van der Waals surface area contributed by atoms with E-state index >= 15 is 0 Å². The number of rotatable bonds is 8. The van der Waals surface area contributed by atoms with Crippen LogP contribution in [0.2, 0.25) is 5.02 Å². The van der Waals surface area contributed by atoms with Gasteiger partial charge in [-0.15, -0.1) is 0 Å². The summed E-state index contributed by atoms with van der Waals surface area (Å²) in [6.45, 7) is -0.0286. The molecule has 0 fully saturated rings. The highest BCUT2D eigenvalue weighted by molar-refractivity contribution is 6.30. The number of Topliss-reactive ketones (excluding diaryl/α,β-unsaturated/α-hetero) is 1. The molecule has 0 saturated heterocycles. The van der Waals surface area contributed by atoms with Gasteiger partial charge in [-0.1, -0.05) is 42.0 Å². The van der Waals surface area contributed by atoms with Gasteiger partial charge in [0.1, 0.15) is 6.61 Å². The van der Waals surface area contributed by atoms with Crippen molar-refractivity contribution >= 4 is 29.4 Å². The molecule has 4 nitrogen and oxygen atoms in total. The number of benzene rings is 1. The first kappa shape index (κ1) is 17.1. The Morgan fingerprint density at radius 1 is 1.19 bits per heavy atom. The lowest BCUT2D eigenvalue weighted by Gasteiger charge is -2.00. The topological polar surface area (TPSA) is 66.4 Å². The minimum absolute atomic E-state index is 0.216. The summed E-state index contributed by atoms with van der Waals surface area (Å²) in [4.78, 5) is 22.3. The second-order valence-corrected chi connectivity index (χ2v) is 4.80. The van der Waals surface area contributed by atoms with Crippen LogP contribution in [-0.2, 0) is 9.59 Å². The molecular weight excluding hydrogens is 290 g/mol. The van der Waals surface area contributed by atoms with Gasteiger partial charge in [0.2, 0.25) is 5.91 Å². The molecule has 0 unspecified atom stereocenters. The first-order valence-electron chi connectivity index (χ1n) is 6.62. The van der Waals surface area contributed by atoms with E-state index in [1.54, 1.807) is 24.3 Å². The number of allylic oxidation sites excluding steroid dienone is 2. The van der Waals surface area contributed by atoms with Crippen LogP contribution in [0.3, 0.4) is 0 Å². The van der Waals surface area contributed by atoms with Crippen LogP contribution in [-0.4, -0.2) is 29.9 Å². The van der Waals surface area contributed by atoms with E-state index in [1.165, 1.54) is 6.08 Å². The second kappa shape index (κ2) is 9.91. The Labute approximate surface area is 129 Å². The molecule has 5 heteroatoms. The highest BCUT2D eigenvalue weighted by Gasteiger charge is 1.99. The van der Waals surface area contributed by atoms with Crippen LogP contribution in [0.15, 0.2) is 42.5 Å². The van der Waals surface area contributed by atoms with E-state index in [0.717, 1.165) is 5.56 Å². The fourth-order valence-corrected chi connectivity index (χ4v) is 1.64.